The van der Waals surface area contributed by atoms with Crippen LogP contribution in [0.3, 0.4) is 0 Å². The SMILES string of the molecule is COC(=O)C(C)(C)Cn1nc(N)nc1Br. The monoisotopic (exact) mass is 276 g/mol. The molecule has 0 amide bonds. The van der Waals surface area contributed by atoms with Gasteiger partial charge >= 0.3 is 5.97 Å². The first-order chi connectivity index (χ1) is 6.86. The molecule has 0 bridgehead atoms. The highest BCUT2D eigenvalue weighted by atomic mass is 79.9. The van der Waals surface area contributed by atoms with Crippen molar-refractivity contribution in [2.45, 2.75) is 20.4 Å². The van der Waals surface area contributed by atoms with Gasteiger partial charge in [-0.25, -0.2) is 4.68 Å². The normalized spacial score (nSPS) is 11.5. The summed E-state index contributed by atoms with van der Waals surface area (Å²) in [6.45, 7) is 3.89. The molecule has 0 aliphatic rings. The first kappa shape index (κ1) is 12.0. The van der Waals surface area contributed by atoms with Crippen LogP contribution in [0.4, 0.5) is 5.95 Å². The number of halogens is 1. The second-order valence-electron chi connectivity index (χ2n) is 3.77. The number of nitrogens with zero attached hydrogens (tertiary/aromatic N) is 3. The van der Waals surface area contributed by atoms with Crippen molar-refractivity contribution >= 4 is 27.8 Å². The molecule has 84 valence electrons. The maximum absolute atomic E-state index is 11.4. The lowest BCUT2D eigenvalue weighted by Gasteiger charge is -2.21. The summed E-state index contributed by atoms with van der Waals surface area (Å²) in [5, 5.41) is 3.94. The Balaban J connectivity index is 2.85. The molecule has 0 spiro atoms. The number of carbonyl (C=O) groups excluding carboxylic acids is 1. The molecule has 0 unspecified atom stereocenters. The van der Waals surface area contributed by atoms with Crippen LogP contribution in [0, 0.1) is 5.41 Å². The molecule has 0 fully saturated rings. The van der Waals surface area contributed by atoms with Crippen molar-refractivity contribution in [1.29, 1.82) is 0 Å². The number of hydrogen-bond acceptors (Lipinski definition) is 5. The summed E-state index contributed by atoms with van der Waals surface area (Å²) in [5.41, 5.74) is 4.75. The molecule has 1 aromatic rings. The lowest BCUT2D eigenvalue weighted by molar-refractivity contribution is -0.151. The maximum atomic E-state index is 11.4. The number of aromatic nitrogens is 3. The molecule has 1 aromatic heterocycles. The molecule has 0 atom stereocenters. The molecular formula is C8H13BrN4O2. The van der Waals surface area contributed by atoms with Crippen LogP contribution in [0.15, 0.2) is 4.73 Å². The van der Waals surface area contributed by atoms with Crippen molar-refractivity contribution in [2.24, 2.45) is 5.41 Å². The van der Waals surface area contributed by atoms with Gasteiger partial charge in [0.2, 0.25) is 5.95 Å². The van der Waals surface area contributed by atoms with Gasteiger partial charge in [-0.15, -0.1) is 5.10 Å². The van der Waals surface area contributed by atoms with Crippen LogP contribution in [0.5, 0.6) is 0 Å². The van der Waals surface area contributed by atoms with Gasteiger partial charge in [-0.05, 0) is 29.8 Å². The molecule has 0 saturated carbocycles. The van der Waals surface area contributed by atoms with Gasteiger partial charge in [-0.1, -0.05) is 0 Å². The van der Waals surface area contributed by atoms with Crippen molar-refractivity contribution in [3.63, 3.8) is 0 Å². The Morgan fingerprint density at radius 1 is 1.67 bits per heavy atom. The van der Waals surface area contributed by atoms with Crippen molar-refractivity contribution in [1.82, 2.24) is 14.8 Å². The van der Waals surface area contributed by atoms with Gasteiger partial charge in [0.1, 0.15) is 0 Å². The number of methoxy groups -OCH3 is 1. The lowest BCUT2D eigenvalue weighted by Crippen LogP contribution is -2.31. The van der Waals surface area contributed by atoms with E-state index in [4.69, 9.17) is 5.73 Å². The van der Waals surface area contributed by atoms with Crippen LogP contribution < -0.4 is 5.73 Å². The van der Waals surface area contributed by atoms with E-state index in [0.717, 1.165) is 0 Å². The second-order valence-corrected chi connectivity index (χ2v) is 4.48. The predicted octanol–water partition coefficient (Wildman–Crippen LogP) is 0.822. The third kappa shape index (κ3) is 2.68. The van der Waals surface area contributed by atoms with E-state index in [2.05, 4.69) is 30.7 Å². The van der Waals surface area contributed by atoms with E-state index in [1.165, 1.54) is 11.8 Å². The van der Waals surface area contributed by atoms with E-state index in [0.29, 0.717) is 11.3 Å². The van der Waals surface area contributed by atoms with Crippen molar-refractivity contribution in [3.05, 3.63) is 4.73 Å². The number of rotatable bonds is 3. The van der Waals surface area contributed by atoms with E-state index in [1.54, 1.807) is 13.8 Å². The third-order valence-electron chi connectivity index (χ3n) is 1.93. The largest absolute Gasteiger partial charge is 0.469 e. The Bertz CT molecular complexity index is 375. The van der Waals surface area contributed by atoms with Crippen LogP contribution in [0.25, 0.3) is 0 Å². The molecule has 7 heteroatoms. The van der Waals surface area contributed by atoms with Crippen molar-refractivity contribution in [3.8, 4) is 0 Å². The highest BCUT2D eigenvalue weighted by Crippen LogP contribution is 2.22. The van der Waals surface area contributed by atoms with Crippen molar-refractivity contribution < 1.29 is 9.53 Å². The van der Waals surface area contributed by atoms with Crippen LogP contribution in [0.1, 0.15) is 13.8 Å². The summed E-state index contributed by atoms with van der Waals surface area (Å²) in [6.07, 6.45) is 0. The Morgan fingerprint density at radius 3 is 2.67 bits per heavy atom. The van der Waals surface area contributed by atoms with E-state index >= 15 is 0 Å². The average Bonchev–Trinajstić information content (AvgIpc) is 2.43. The Labute approximate surface area is 95.9 Å². The molecule has 0 aromatic carbocycles. The van der Waals surface area contributed by atoms with Gasteiger partial charge < -0.3 is 10.5 Å². The Morgan fingerprint density at radius 2 is 2.27 bits per heavy atom. The zero-order valence-electron chi connectivity index (χ0n) is 8.82. The fourth-order valence-corrected chi connectivity index (χ4v) is 1.54. The van der Waals surface area contributed by atoms with E-state index in [9.17, 15) is 4.79 Å². The van der Waals surface area contributed by atoms with E-state index in [-0.39, 0.29) is 11.9 Å². The topological polar surface area (TPSA) is 83.0 Å². The minimum absolute atomic E-state index is 0.169. The van der Waals surface area contributed by atoms with Gasteiger partial charge in [0.25, 0.3) is 0 Å². The Hall–Kier alpha value is -1.11. The zero-order chi connectivity index (χ0) is 11.6. The summed E-state index contributed by atoms with van der Waals surface area (Å²) < 4.78 is 6.70. The number of esters is 1. The predicted molar refractivity (Wildman–Crippen MR) is 57.9 cm³/mol. The first-order valence-corrected chi connectivity index (χ1v) is 5.10. The van der Waals surface area contributed by atoms with Gasteiger partial charge in [-0.3, -0.25) is 4.79 Å². The minimum Gasteiger partial charge on any atom is -0.469 e. The molecule has 1 heterocycles. The van der Waals surface area contributed by atoms with Gasteiger partial charge in [0.15, 0.2) is 4.73 Å². The quantitative estimate of drug-likeness (QED) is 0.827. The van der Waals surface area contributed by atoms with E-state index < -0.39 is 5.41 Å². The minimum atomic E-state index is -0.669. The molecule has 1 rings (SSSR count). The average molecular weight is 277 g/mol. The van der Waals surface area contributed by atoms with Gasteiger partial charge in [0.05, 0.1) is 19.1 Å². The molecule has 0 aliphatic carbocycles. The fourth-order valence-electron chi connectivity index (χ4n) is 1.16. The van der Waals surface area contributed by atoms with Crippen LogP contribution in [0.2, 0.25) is 0 Å². The number of hydrogen-bond donors (Lipinski definition) is 1. The van der Waals surface area contributed by atoms with Gasteiger partial charge in [0, 0.05) is 0 Å². The number of nitrogen functional groups attached to an aromatic ring is 1. The summed E-state index contributed by atoms with van der Waals surface area (Å²) in [4.78, 5) is 15.3. The number of carbonyl (C=O) groups is 1. The van der Waals surface area contributed by atoms with Crippen LogP contribution >= 0.6 is 15.9 Å². The zero-order valence-corrected chi connectivity index (χ0v) is 10.4. The molecule has 6 nitrogen and oxygen atoms in total. The summed E-state index contributed by atoms with van der Waals surface area (Å²) >= 11 is 3.20. The molecule has 0 aliphatic heterocycles. The van der Waals surface area contributed by atoms with E-state index in [1.807, 2.05) is 0 Å². The maximum Gasteiger partial charge on any atom is 0.313 e. The number of ether oxygens (including phenoxy) is 1. The molecule has 0 radical (unpaired) electrons. The molecular weight excluding hydrogens is 264 g/mol. The highest BCUT2D eigenvalue weighted by Gasteiger charge is 2.30. The Kier molecular flexibility index (Phi) is 3.33. The summed E-state index contributed by atoms with van der Waals surface area (Å²) in [7, 11) is 1.36. The smallest absolute Gasteiger partial charge is 0.313 e. The third-order valence-corrected chi connectivity index (χ3v) is 2.51. The number of nitrogens with two attached hydrogens (primary N) is 1. The van der Waals surface area contributed by atoms with Crippen molar-refractivity contribution in [2.75, 3.05) is 12.8 Å². The summed E-state index contributed by atoms with van der Waals surface area (Å²) in [6, 6.07) is 0. The standard InChI is InChI=1S/C8H13BrN4O2/c1-8(2,5(14)15-3)4-13-6(9)11-7(10)12-13/h4H2,1-3H3,(H2,10,12). The van der Waals surface area contributed by atoms with Gasteiger partial charge in [-0.2, -0.15) is 4.98 Å². The van der Waals surface area contributed by atoms with Crippen LogP contribution in [-0.2, 0) is 16.1 Å². The molecule has 15 heavy (non-hydrogen) atoms. The highest BCUT2D eigenvalue weighted by molar-refractivity contribution is 9.10. The number of anilines is 1. The second kappa shape index (κ2) is 4.18. The summed E-state index contributed by atoms with van der Waals surface area (Å²) in [5.74, 6) is -0.133. The first-order valence-electron chi connectivity index (χ1n) is 4.31. The lowest BCUT2D eigenvalue weighted by atomic mass is 9.94. The molecule has 0 saturated heterocycles. The fraction of sp³-hybridized carbons (Fsp3) is 0.625. The van der Waals surface area contributed by atoms with Crippen LogP contribution in [-0.4, -0.2) is 27.8 Å². The molecule has 2 N–H and O–H groups in total.